The molecule has 3 rings (SSSR count). The summed E-state index contributed by atoms with van der Waals surface area (Å²) in [6, 6.07) is 13.9. The van der Waals surface area contributed by atoms with Crippen LogP contribution in [-0.2, 0) is 32.3 Å². The van der Waals surface area contributed by atoms with E-state index < -0.39 is 56.9 Å². The Hall–Kier alpha value is -3.28. The Balaban J connectivity index is 2.15. The highest BCUT2D eigenvalue weighted by Crippen LogP contribution is 2.38. The summed E-state index contributed by atoms with van der Waals surface area (Å²) < 4.78 is 69.8. The Morgan fingerprint density at radius 1 is 0.953 bits per heavy atom. The minimum absolute atomic E-state index is 0.149. The van der Waals surface area contributed by atoms with Gasteiger partial charge < -0.3 is 10.2 Å². The molecular weight excluding hydrogens is 626 g/mol. The van der Waals surface area contributed by atoms with Gasteiger partial charge in [0.1, 0.15) is 12.6 Å². The number of hydrogen-bond acceptors (Lipinski definition) is 4. The van der Waals surface area contributed by atoms with E-state index in [0.29, 0.717) is 33.9 Å². The van der Waals surface area contributed by atoms with Crippen LogP contribution >= 0.6 is 23.2 Å². The first-order valence-electron chi connectivity index (χ1n) is 13.5. The van der Waals surface area contributed by atoms with Gasteiger partial charge in [-0.25, -0.2) is 8.42 Å². The number of sulfonamides is 1. The highest BCUT2D eigenvalue weighted by molar-refractivity contribution is 7.92. The predicted molar refractivity (Wildman–Crippen MR) is 162 cm³/mol. The van der Waals surface area contributed by atoms with E-state index in [0.717, 1.165) is 17.7 Å². The van der Waals surface area contributed by atoms with Gasteiger partial charge in [-0.15, -0.1) is 0 Å². The van der Waals surface area contributed by atoms with Crippen LogP contribution in [0.4, 0.5) is 18.9 Å². The third-order valence-corrected chi connectivity index (χ3v) is 9.15. The summed E-state index contributed by atoms with van der Waals surface area (Å²) in [5.41, 5.74) is -0.436. The minimum Gasteiger partial charge on any atom is -0.354 e. The summed E-state index contributed by atoms with van der Waals surface area (Å²) in [7, 11) is -4.57. The molecule has 43 heavy (non-hydrogen) atoms. The normalized spacial score (nSPS) is 12.5. The van der Waals surface area contributed by atoms with Crippen LogP contribution in [0.25, 0.3) is 0 Å². The van der Waals surface area contributed by atoms with Gasteiger partial charge in [0.2, 0.25) is 11.8 Å². The molecule has 1 atom stereocenters. The summed E-state index contributed by atoms with van der Waals surface area (Å²) in [4.78, 5) is 28.2. The van der Waals surface area contributed by atoms with E-state index in [2.05, 4.69) is 5.32 Å². The number of nitrogens with one attached hydrogen (secondary N) is 1. The van der Waals surface area contributed by atoms with Crippen molar-refractivity contribution >= 4 is 50.7 Å². The number of amides is 2. The fourth-order valence-corrected chi connectivity index (χ4v) is 6.17. The van der Waals surface area contributed by atoms with Crippen molar-refractivity contribution in [1.29, 1.82) is 0 Å². The molecule has 0 radical (unpaired) electrons. The van der Waals surface area contributed by atoms with E-state index in [4.69, 9.17) is 23.2 Å². The van der Waals surface area contributed by atoms with Crippen LogP contribution in [-0.4, -0.2) is 44.3 Å². The quantitative estimate of drug-likeness (QED) is 0.231. The number of nitrogens with zero attached hydrogens (tertiary/aromatic N) is 2. The van der Waals surface area contributed by atoms with E-state index in [-0.39, 0.29) is 17.9 Å². The van der Waals surface area contributed by atoms with Crippen LogP contribution in [0.1, 0.15) is 43.4 Å². The second-order valence-corrected chi connectivity index (χ2v) is 12.5. The zero-order valence-corrected chi connectivity index (χ0v) is 26.1. The molecule has 0 heterocycles. The molecule has 3 aromatic rings. The predicted octanol–water partition coefficient (Wildman–Crippen LogP) is 6.85. The lowest BCUT2D eigenvalue weighted by Gasteiger charge is -2.33. The van der Waals surface area contributed by atoms with E-state index in [1.54, 1.807) is 38.1 Å². The van der Waals surface area contributed by atoms with Crippen molar-refractivity contribution in [2.45, 2.75) is 57.3 Å². The maximum atomic E-state index is 14.1. The fourth-order valence-electron chi connectivity index (χ4n) is 4.35. The number of aryl methyl sites for hydroxylation is 1. The van der Waals surface area contributed by atoms with Gasteiger partial charge in [-0.1, -0.05) is 72.9 Å². The minimum atomic E-state index is -4.89. The molecule has 3 aromatic carbocycles. The van der Waals surface area contributed by atoms with Crippen LogP contribution in [0, 0.1) is 6.92 Å². The smallest absolute Gasteiger partial charge is 0.354 e. The monoisotopic (exact) mass is 657 g/mol. The molecule has 232 valence electrons. The molecule has 0 bridgehead atoms. The summed E-state index contributed by atoms with van der Waals surface area (Å²) in [5.74, 6) is -1.28. The van der Waals surface area contributed by atoms with Gasteiger partial charge in [-0.3, -0.25) is 13.9 Å². The Labute approximate surface area is 259 Å². The summed E-state index contributed by atoms with van der Waals surface area (Å²) in [5, 5.41) is 2.45. The van der Waals surface area contributed by atoms with Crippen LogP contribution in [0.2, 0.25) is 10.0 Å². The maximum Gasteiger partial charge on any atom is 0.417 e. The zero-order valence-electron chi connectivity index (χ0n) is 23.8. The van der Waals surface area contributed by atoms with Gasteiger partial charge in [-0.05, 0) is 61.7 Å². The van der Waals surface area contributed by atoms with Crippen molar-refractivity contribution in [2.75, 3.05) is 17.4 Å². The Morgan fingerprint density at radius 2 is 1.60 bits per heavy atom. The molecule has 0 aromatic heterocycles. The number of alkyl halides is 3. The standard InChI is InChI=1S/C30H32Cl2F3N3O4S/c1-4-16-36-29(40)27(5-2)37(18-21-8-6-7-9-25(21)31)28(39)19-38(43(41,42)23-13-10-20(3)11-14-23)22-12-15-26(32)24(17-22)30(33,34)35/h6-15,17,27H,4-5,16,18-19H2,1-3H3,(H,36,40)/t27-/m1/s1. The lowest BCUT2D eigenvalue weighted by atomic mass is 10.1. The van der Waals surface area contributed by atoms with Crippen LogP contribution in [0.15, 0.2) is 71.6 Å². The van der Waals surface area contributed by atoms with E-state index in [9.17, 15) is 31.2 Å². The molecule has 0 spiro atoms. The molecule has 0 unspecified atom stereocenters. The van der Waals surface area contributed by atoms with Crippen LogP contribution in [0.5, 0.6) is 0 Å². The summed E-state index contributed by atoms with van der Waals surface area (Å²) in [6.45, 7) is 4.60. The first-order chi connectivity index (χ1) is 20.2. The number of benzene rings is 3. The van der Waals surface area contributed by atoms with Gasteiger partial charge in [-0.2, -0.15) is 13.2 Å². The molecule has 0 aliphatic carbocycles. The molecule has 0 aliphatic rings. The van der Waals surface area contributed by atoms with Crippen molar-refractivity contribution in [1.82, 2.24) is 10.2 Å². The molecule has 2 amide bonds. The fraction of sp³-hybridized carbons (Fsp3) is 0.333. The average Bonchev–Trinajstić information content (AvgIpc) is 2.95. The average molecular weight is 659 g/mol. The number of halogens is 5. The third-order valence-electron chi connectivity index (χ3n) is 6.66. The van der Waals surface area contributed by atoms with E-state index in [1.807, 2.05) is 6.92 Å². The molecule has 0 saturated carbocycles. The molecule has 0 saturated heterocycles. The molecule has 0 aliphatic heterocycles. The Bertz CT molecular complexity index is 1550. The molecule has 7 nitrogen and oxygen atoms in total. The van der Waals surface area contributed by atoms with Gasteiger partial charge >= 0.3 is 6.18 Å². The molecule has 13 heteroatoms. The summed E-state index contributed by atoms with van der Waals surface area (Å²) >= 11 is 12.2. The van der Waals surface area contributed by atoms with Crippen molar-refractivity contribution in [3.8, 4) is 0 Å². The Morgan fingerprint density at radius 3 is 2.19 bits per heavy atom. The van der Waals surface area contributed by atoms with Crippen molar-refractivity contribution in [3.63, 3.8) is 0 Å². The number of anilines is 1. The highest BCUT2D eigenvalue weighted by Gasteiger charge is 2.37. The van der Waals surface area contributed by atoms with Gasteiger partial charge in [0.25, 0.3) is 10.0 Å². The second-order valence-electron chi connectivity index (χ2n) is 9.81. The number of hydrogen-bond donors (Lipinski definition) is 1. The van der Waals surface area contributed by atoms with Crippen molar-refractivity contribution < 1.29 is 31.2 Å². The van der Waals surface area contributed by atoms with Crippen LogP contribution in [0.3, 0.4) is 0 Å². The van der Waals surface area contributed by atoms with Crippen LogP contribution < -0.4 is 9.62 Å². The van der Waals surface area contributed by atoms with Gasteiger partial charge in [0, 0.05) is 18.1 Å². The number of carbonyl (C=O) groups excluding carboxylic acids is 2. The number of carbonyl (C=O) groups is 2. The van der Waals surface area contributed by atoms with Crippen molar-refractivity contribution in [2.24, 2.45) is 0 Å². The largest absolute Gasteiger partial charge is 0.417 e. The van der Waals surface area contributed by atoms with E-state index >= 15 is 0 Å². The van der Waals surface area contributed by atoms with Crippen molar-refractivity contribution in [3.05, 3.63) is 93.5 Å². The summed E-state index contributed by atoms with van der Waals surface area (Å²) in [6.07, 6.45) is -4.08. The second kappa shape index (κ2) is 14.5. The molecule has 1 N–H and O–H groups in total. The lowest BCUT2D eigenvalue weighted by molar-refractivity contribution is -0.140. The molecule has 0 fully saturated rings. The van der Waals surface area contributed by atoms with E-state index in [1.165, 1.54) is 29.2 Å². The zero-order chi connectivity index (χ0) is 31.9. The lowest BCUT2D eigenvalue weighted by Crippen LogP contribution is -2.52. The highest BCUT2D eigenvalue weighted by atomic mass is 35.5. The van der Waals surface area contributed by atoms with Gasteiger partial charge in [0.05, 0.1) is 21.2 Å². The third kappa shape index (κ3) is 8.43. The Kier molecular flexibility index (Phi) is 11.5. The topological polar surface area (TPSA) is 86.8 Å². The number of rotatable bonds is 12. The molecular formula is C30H32Cl2F3N3O4S. The van der Waals surface area contributed by atoms with Gasteiger partial charge in [0.15, 0.2) is 0 Å². The first-order valence-corrected chi connectivity index (χ1v) is 15.7. The maximum absolute atomic E-state index is 14.1. The SMILES string of the molecule is CCCNC(=O)[C@@H](CC)N(Cc1ccccc1Cl)C(=O)CN(c1ccc(Cl)c(C(F)(F)F)c1)S(=O)(=O)c1ccc(C)cc1. The first kappa shape index (κ1) is 34.2.